The van der Waals surface area contributed by atoms with Crippen molar-refractivity contribution in [2.24, 2.45) is 5.84 Å². The number of hydrazine groups is 1. The summed E-state index contributed by atoms with van der Waals surface area (Å²) in [5.41, 5.74) is 2.18. The van der Waals surface area contributed by atoms with E-state index in [0.29, 0.717) is 6.54 Å². The predicted octanol–water partition coefficient (Wildman–Crippen LogP) is -0.449. The molecule has 1 aromatic heterocycles. The van der Waals surface area contributed by atoms with Crippen molar-refractivity contribution in [3.63, 3.8) is 0 Å². The molecule has 0 aromatic carbocycles. The van der Waals surface area contributed by atoms with E-state index in [9.17, 15) is 14.9 Å². The summed E-state index contributed by atoms with van der Waals surface area (Å²) in [6, 6.07) is 0. The SMILES string of the molecule is CCN(CC(=O)NC)c1nc(NN)nc(C)c1[N+](=O)[O-]. The van der Waals surface area contributed by atoms with Crippen molar-refractivity contribution < 1.29 is 9.72 Å². The Morgan fingerprint density at radius 1 is 1.50 bits per heavy atom. The Labute approximate surface area is 115 Å². The Hall–Kier alpha value is -2.49. The zero-order valence-corrected chi connectivity index (χ0v) is 11.5. The molecule has 4 N–H and O–H groups in total. The van der Waals surface area contributed by atoms with Crippen LogP contribution in [0.15, 0.2) is 0 Å². The van der Waals surface area contributed by atoms with Crippen molar-refractivity contribution in [1.82, 2.24) is 15.3 Å². The highest BCUT2D eigenvalue weighted by molar-refractivity contribution is 5.81. The highest BCUT2D eigenvalue weighted by Gasteiger charge is 2.26. The molecule has 0 unspecified atom stereocenters. The van der Waals surface area contributed by atoms with Gasteiger partial charge in [0.25, 0.3) is 0 Å². The van der Waals surface area contributed by atoms with Gasteiger partial charge in [0.1, 0.15) is 5.69 Å². The minimum atomic E-state index is -0.572. The van der Waals surface area contributed by atoms with Gasteiger partial charge in [0.15, 0.2) is 0 Å². The fraction of sp³-hybridized carbons (Fsp3) is 0.500. The van der Waals surface area contributed by atoms with Crippen molar-refractivity contribution >= 4 is 23.4 Å². The third kappa shape index (κ3) is 3.29. The maximum Gasteiger partial charge on any atom is 0.332 e. The number of carbonyl (C=O) groups is 1. The number of hydrogen-bond acceptors (Lipinski definition) is 8. The van der Waals surface area contributed by atoms with Gasteiger partial charge < -0.3 is 10.2 Å². The van der Waals surface area contributed by atoms with Gasteiger partial charge in [-0.05, 0) is 13.8 Å². The number of rotatable bonds is 6. The highest BCUT2D eigenvalue weighted by atomic mass is 16.6. The molecular formula is C10H17N7O3. The summed E-state index contributed by atoms with van der Waals surface area (Å²) < 4.78 is 0. The maximum absolute atomic E-state index is 11.5. The fourth-order valence-electron chi connectivity index (χ4n) is 1.64. The number of nitrogens with one attached hydrogen (secondary N) is 2. The number of nitrogens with two attached hydrogens (primary N) is 1. The number of aromatic nitrogens is 2. The summed E-state index contributed by atoms with van der Waals surface area (Å²) in [4.78, 5) is 31.4. The number of aryl methyl sites for hydroxylation is 1. The number of nitro groups is 1. The second-order valence-electron chi connectivity index (χ2n) is 3.89. The topological polar surface area (TPSA) is 139 Å². The fourth-order valence-corrected chi connectivity index (χ4v) is 1.64. The monoisotopic (exact) mass is 283 g/mol. The van der Waals surface area contributed by atoms with E-state index in [1.54, 1.807) is 6.92 Å². The summed E-state index contributed by atoms with van der Waals surface area (Å²) in [5, 5.41) is 13.6. The lowest BCUT2D eigenvalue weighted by Crippen LogP contribution is -2.36. The standard InChI is InChI=1S/C10H17N7O3/c1-4-16(5-7(18)12-3)9-8(17(19)20)6(2)13-10(14-9)15-11/h4-5,11H2,1-3H3,(H,12,18)(H,13,14,15). The van der Waals surface area contributed by atoms with Crippen LogP contribution in [0.3, 0.4) is 0 Å². The number of carbonyl (C=O) groups excluding carboxylic acids is 1. The van der Waals surface area contributed by atoms with Crippen LogP contribution in [-0.4, -0.2) is 40.9 Å². The van der Waals surface area contributed by atoms with Gasteiger partial charge in [-0.2, -0.15) is 4.98 Å². The molecule has 0 saturated heterocycles. The molecule has 1 amide bonds. The van der Waals surface area contributed by atoms with Gasteiger partial charge in [-0.1, -0.05) is 0 Å². The molecular weight excluding hydrogens is 266 g/mol. The first-order valence-corrected chi connectivity index (χ1v) is 5.89. The zero-order chi connectivity index (χ0) is 15.3. The number of nitrogen functional groups attached to an aromatic ring is 1. The number of nitrogens with zero attached hydrogens (tertiary/aromatic N) is 4. The smallest absolute Gasteiger partial charge is 0.332 e. The summed E-state index contributed by atoms with van der Waals surface area (Å²) >= 11 is 0. The molecule has 110 valence electrons. The Bertz CT molecular complexity index is 520. The first-order chi connectivity index (χ1) is 9.44. The third-order valence-corrected chi connectivity index (χ3v) is 2.65. The molecule has 0 spiro atoms. The molecule has 1 rings (SSSR count). The molecule has 0 aliphatic rings. The van der Waals surface area contributed by atoms with Gasteiger partial charge in [0.05, 0.1) is 11.5 Å². The average molecular weight is 283 g/mol. The lowest BCUT2D eigenvalue weighted by molar-refractivity contribution is -0.385. The van der Waals surface area contributed by atoms with E-state index in [4.69, 9.17) is 5.84 Å². The molecule has 1 heterocycles. The van der Waals surface area contributed by atoms with Gasteiger partial charge in [0.2, 0.25) is 17.7 Å². The average Bonchev–Trinajstić information content (AvgIpc) is 2.42. The first-order valence-electron chi connectivity index (χ1n) is 5.89. The molecule has 10 heteroatoms. The van der Waals surface area contributed by atoms with Crippen LogP contribution in [0.25, 0.3) is 0 Å². The van der Waals surface area contributed by atoms with Crippen LogP contribution in [0.4, 0.5) is 17.5 Å². The Morgan fingerprint density at radius 3 is 2.60 bits per heavy atom. The van der Waals surface area contributed by atoms with E-state index in [0.717, 1.165) is 0 Å². The number of likely N-dealkylation sites (N-methyl/N-ethyl adjacent to an activating group) is 2. The summed E-state index contributed by atoms with van der Waals surface area (Å²) in [5.74, 6) is 5.07. The number of amides is 1. The highest BCUT2D eigenvalue weighted by Crippen LogP contribution is 2.29. The van der Waals surface area contributed by atoms with Crippen LogP contribution in [0.1, 0.15) is 12.6 Å². The van der Waals surface area contributed by atoms with Crippen molar-refractivity contribution in [1.29, 1.82) is 0 Å². The van der Waals surface area contributed by atoms with E-state index < -0.39 is 4.92 Å². The van der Waals surface area contributed by atoms with Gasteiger partial charge in [-0.3, -0.25) is 20.3 Å². The lowest BCUT2D eigenvalue weighted by Gasteiger charge is -2.21. The van der Waals surface area contributed by atoms with Crippen LogP contribution < -0.4 is 21.5 Å². The van der Waals surface area contributed by atoms with Gasteiger partial charge in [-0.25, -0.2) is 10.8 Å². The van der Waals surface area contributed by atoms with Crippen LogP contribution >= 0.6 is 0 Å². The quantitative estimate of drug-likeness (QED) is 0.362. The van der Waals surface area contributed by atoms with Gasteiger partial charge in [-0.15, -0.1) is 0 Å². The predicted molar refractivity (Wildman–Crippen MR) is 73.2 cm³/mol. The van der Waals surface area contributed by atoms with E-state index in [2.05, 4.69) is 20.7 Å². The third-order valence-electron chi connectivity index (χ3n) is 2.65. The molecule has 20 heavy (non-hydrogen) atoms. The molecule has 0 bridgehead atoms. The second-order valence-corrected chi connectivity index (χ2v) is 3.89. The molecule has 0 atom stereocenters. The largest absolute Gasteiger partial charge is 0.358 e. The minimum absolute atomic E-state index is 0.0473. The Kier molecular flexibility index (Phi) is 5.15. The van der Waals surface area contributed by atoms with Gasteiger partial charge >= 0.3 is 5.69 Å². The van der Waals surface area contributed by atoms with Crippen molar-refractivity contribution in [2.45, 2.75) is 13.8 Å². The van der Waals surface area contributed by atoms with E-state index in [1.165, 1.54) is 18.9 Å². The van der Waals surface area contributed by atoms with Crippen LogP contribution in [0, 0.1) is 17.0 Å². The Morgan fingerprint density at radius 2 is 2.15 bits per heavy atom. The van der Waals surface area contributed by atoms with Crippen molar-refractivity contribution in [3.05, 3.63) is 15.8 Å². The molecule has 0 aliphatic heterocycles. The van der Waals surface area contributed by atoms with Gasteiger partial charge in [0, 0.05) is 13.6 Å². The normalized spacial score (nSPS) is 10.0. The zero-order valence-electron chi connectivity index (χ0n) is 11.5. The van der Waals surface area contributed by atoms with E-state index in [-0.39, 0.29) is 35.6 Å². The number of anilines is 2. The van der Waals surface area contributed by atoms with Crippen LogP contribution in [0.2, 0.25) is 0 Å². The molecule has 0 fully saturated rings. The van der Waals surface area contributed by atoms with Crippen LogP contribution in [-0.2, 0) is 4.79 Å². The van der Waals surface area contributed by atoms with Crippen molar-refractivity contribution in [3.8, 4) is 0 Å². The molecule has 10 nitrogen and oxygen atoms in total. The molecule has 0 radical (unpaired) electrons. The molecule has 0 aliphatic carbocycles. The minimum Gasteiger partial charge on any atom is -0.358 e. The van der Waals surface area contributed by atoms with Crippen LogP contribution in [0.5, 0.6) is 0 Å². The van der Waals surface area contributed by atoms with E-state index >= 15 is 0 Å². The summed E-state index contributed by atoms with van der Waals surface area (Å²) in [7, 11) is 1.49. The van der Waals surface area contributed by atoms with Crippen molar-refractivity contribution in [2.75, 3.05) is 30.5 Å². The first kappa shape index (κ1) is 15.6. The van der Waals surface area contributed by atoms with E-state index in [1.807, 2.05) is 0 Å². The molecule has 1 aromatic rings. The number of hydrogen-bond donors (Lipinski definition) is 3. The second kappa shape index (κ2) is 6.61. The summed E-state index contributed by atoms with van der Waals surface area (Å²) in [6.45, 7) is 3.57. The summed E-state index contributed by atoms with van der Waals surface area (Å²) in [6.07, 6.45) is 0. The maximum atomic E-state index is 11.5. The molecule has 0 saturated carbocycles. The lowest BCUT2D eigenvalue weighted by atomic mass is 10.3. The Balaban J connectivity index is 3.34.